The number of nitrogens with one attached hydrogen (secondary N) is 1. The number of carbonyl (C=O) groups excluding carboxylic acids is 1. The van der Waals surface area contributed by atoms with Crippen molar-refractivity contribution in [1.29, 1.82) is 0 Å². The number of alkyl halides is 2. The first-order valence-electron chi connectivity index (χ1n) is 11.7. The van der Waals surface area contributed by atoms with Crippen molar-refractivity contribution in [2.45, 2.75) is 48.8 Å². The van der Waals surface area contributed by atoms with E-state index in [4.69, 9.17) is 0 Å². The summed E-state index contributed by atoms with van der Waals surface area (Å²) in [7, 11) is -4.73. The lowest BCUT2D eigenvalue weighted by molar-refractivity contribution is -0.0221. The van der Waals surface area contributed by atoms with Gasteiger partial charge in [0, 0.05) is 51.5 Å². The Hall–Kier alpha value is -2.60. The molecular formula is C23H31F2N5O3SSi. The summed E-state index contributed by atoms with van der Waals surface area (Å²) in [6.07, 6.45) is 2.14. The molecule has 2 saturated heterocycles. The lowest BCUT2D eigenvalue weighted by Gasteiger charge is -2.37. The molecule has 0 saturated carbocycles. The van der Waals surface area contributed by atoms with Crippen LogP contribution in [0, 0.1) is 0 Å². The third-order valence-electron chi connectivity index (χ3n) is 6.78. The number of aromatic nitrogens is 2. The summed E-state index contributed by atoms with van der Waals surface area (Å²) in [5.41, 5.74) is 0.912. The van der Waals surface area contributed by atoms with Crippen molar-refractivity contribution in [1.82, 2.24) is 9.97 Å². The molecule has 0 bridgehead atoms. The van der Waals surface area contributed by atoms with Crippen LogP contribution in [0.3, 0.4) is 0 Å². The number of benzene rings is 1. The fourth-order valence-electron chi connectivity index (χ4n) is 4.37. The number of amides is 1. The van der Waals surface area contributed by atoms with E-state index in [9.17, 15) is 22.0 Å². The second kappa shape index (κ2) is 9.45. The topological polar surface area (TPSA) is 95.5 Å². The van der Waals surface area contributed by atoms with Gasteiger partial charge in [-0.1, -0.05) is 13.1 Å². The minimum Gasteiger partial charge on any atom is -0.371 e. The summed E-state index contributed by atoms with van der Waals surface area (Å²) >= 11 is 0. The molecule has 2 aliphatic rings. The van der Waals surface area contributed by atoms with E-state index in [0.29, 0.717) is 17.1 Å². The molecular weight excluding hydrogens is 492 g/mol. The monoisotopic (exact) mass is 523 g/mol. The number of anilines is 3. The number of rotatable bonds is 5. The molecule has 0 spiro atoms. The number of hydrogen-bond donors (Lipinski definition) is 1. The van der Waals surface area contributed by atoms with Gasteiger partial charge in [-0.2, -0.15) is 4.98 Å². The summed E-state index contributed by atoms with van der Waals surface area (Å²) in [5.74, 6) is -2.58. The Labute approximate surface area is 205 Å². The van der Waals surface area contributed by atoms with Crippen LogP contribution in [0.25, 0.3) is 0 Å². The first kappa shape index (κ1) is 25.5. The molecule has 1 amide bonds. The summed E-state index contributed by atoms with van der Waals surface area (Å²) in [4.78, 5) is 25.7. The first-order chi connectivity index (χ1) is 16.3. The van der Waals surface area contributed by atoms with Crippen LogP contribution in [0.5, 0.6) is 0 Å². The Bertz CT molecular complexity index is 1210. The van der Waals surface area contributed by atoms with E-state index in [-0.39, 0.29) is 36.8 Å². The van der Waals surface area contributed by atoms with Crippen molar-refractivity contribution in [3.05, 3.63) is 36.0 Å². The maximum Gasteiger partial charge on any atom is 0.260 e. The van der Waals surface area contributed by atoms with Gasteiger partial charge in [-0.15, -0.1) is 0 Å². The van der Waals surface area contributed by atoms with Crippen molar-refractivity contribution < 1.29 is 22.0 Å². The van der Waals surface area contributed by atoms with Crippen molar-refractivity contribution in [3.63, 3.8) is 0 Å². The summed E-state index contributed by atoms with van der Waals surface area (Å²) in [6.45, 7) is 6.53. The quantitative estimate of drug-likeness (QED) is 0.594. The number of hydrogen-bond acceptors (Lipinski definition) is 7. The number of carbonyl (C=O) groups is 1. The van der Waals surface area contributed by atoms with Crippen molar-refractivity contribution in [2.75, 3.05) is 47.6 Å². The molecule has 35 heavy (non-hydrogen) atoms. The Kier molecular flexibility index (Phi) is 6.88. The number of halogens is 2. The van der Waals surface area contributed by atoms with Crippen LogP contribution >= 0.6 is 0 Å². The molecule has 3 heterocycles. The van der Waals surface area contributed by atoms with Crippen LogP contribution in [0.1, 0.15) is 23.2 Å². The van der Waals surface area contributed by atoms with Crippen LogP contribution in [0.2, 0.25) is 25.2 Å². The smallest absolute Gasteiger partial charge is 0.260 e. The van der Waals surface area contributed by atoms with Crippen LogP contribution in [-0.2, 0) is 9.84 Å². The van der Waals surface area contributed by atoms with E-state index < -0.39 is 29.7 Å². The Morgan fingerprint density at radius 3 is 2.34 bits per heavy atom. The molecule has 1 N–H and O–H groups in total. The maximum absolute atomic E-state index is 13.5. The van der Waals surface area contributed by atoms with E-state index in [1.54, 1.807) is 17.0 Å². The van der Waals surface area contributed by atoms with Gasteiger partial charge in [0.15, 0.2) is 9.84 Å². The highest BCUT2D eigenvalue weighted by Gasteiger charge is 2.34. The first-order valence-corrected chi connectivity index (χ1v) is 17.0. The largest absolute Gasteiger partial charge is 0.371 e. The summed E-state index contributed by atoms with van der Waals surface area (Å²) in [5, 5.41) is 2.70. The number of sulfone groups is 1. The van der Waals surface area contributed by atoms with Crippen molar-refractivity contribution >= 4 is 41.3 Å². The van der Waals surface area contributed by atoms with Crippen LogP contribution < -0.4 is 15.1 Å². The minimum absolute atomic E-state index is 0.0650. The van der Waals surface area contributed by atoms with Gasteiger partial charge in [0.25, 0.3) is 11.8 Å². The van der Waals surface area contributed by atoms with Gasteiger partial charge in [0.2, 0.25) is 5.95 Å². The molecule has 0 unspecified atom stereocenters. The summed E-state index contributed by atoms with van der Waals surface area (Å²) < 4.78 is 51.4. The molecule has 0 aliphatic carbocycles. The molecule has 1 aromatic heterocycles. The van der Waals surface area contributed by atoms with Gasteiger partial charge in [-0.25, -0.2) is 22.2 Å². The van der Waals surface area contributed by atoms with Crippen molar-refractivity contribution in [3.8, 4) is 0 Å². The van der Waals surface area contributed by atoms with E-state index in [0.717, 1.165) is 31.4 Å². The molecule has 0 atom stereocenters. The average molecular weight is 524 g/mol. The van der Waals surface area contributed by atoms with E-state index in [2.05, 4.69) is 33.3 Å². The summed E-state index contributed by atoms with van der Waals surface area (Å²) in [6, 6.07) is 8.25. The lowest BCUT2D eigenvalue weighted by Crippen LogP contribution is -2.43. The third kappa shape index (κ3) is 6.15. The maximum atomic E-state index is 13.5. The predicted molar refractivity (Wildman–Crippen MR) is 135 cm³/mol. The number of piperidine rings is 1. The van der Waals surface area contributed by atoms with Gasteiger partial charge in [0.05, 0.1) is 24.2 Å². The standard InChI is InChI=1S/C23H31F2N5O3SSi/c1-34(32,33)17-4-5-18(19(16-17)29-12-14-35(2,3)15-13-29)21(31)28-22-26-9-6-20(27-22)30-10-7-23(24,25)8-11-30/h4-6,9,16H,7-8,10-15H2,1-3H3,(H,26,27,28,31). The zero-order chi connectivity index (χ0) is 25.4. The fraction of sp³-hybridized carbons (Fsp3) is 0.522. The van der Waals surface area contributed by atoms with Gasteiger partial charge < -0.3 is 9.80 Å². The van der Waals surface area contributed by atoms with Crippen LogP contribution in [0.4, 0.5) is 26.2 Å². The number of nitrogens with zero attached hydrogens (tertiary/aromatic N) is 4. The van der Waals surface area contributed by atoms with Crippen molar-refractivity contribution in [2.24, 2.45) is 0 Å². The molecule has 12 heteroatoms. The van der Waals surface area contributed by atoms with Gasteiger partial charge in [-0.05, 0) is 36.4 Å². The Morgan fingerprint density at radius 2 is 1.71 bits per heavy atom. The highest BCUT2D eigenvalue weighted by Crippen LogP contribution is 2.32. The molecule has 190 valence electrons. The molecule has 0 radical (unpaired) electrons. The molecule has 2 aromatic rings. The van der Waals surface area contributed by atoms with Crippen LogP contribution in [-0.4, -0.2) is 70.7 Å². The third-order valence-corrected chi connectivity index (χ3v) is 11.0. The minimum atomic E-state index is -3.45. The normalized spacial score (nSPS) is 19.9. The van der Waals surface area contributed by atoms with Crippen LogP contribution in [0.15, 0.2) is 35.4 Å². The van der Waals surface area contributed by atoms with E-state index in [1.165, 1.54) is 18.3 Å². The highest BCUT2D eigenvalue weighted by atomic mass is 32.2. The molecule has 2 fully saturated rings. The molecule has 1 aromatic carbocycles. The second-order valence-corrected chi connectivity index (χ2v) is 17.5. The average Bonchev–Trinajstić information content (AvgIpc) is 2.78. The Morgan fingerprint density at radius 1 is 1.06 bits per heavy atom. The van der Waals surface area contributed by atoms with E-state index in [1.807, 2.05) is 0 Å². The van der Waals surface area contributed by atoms with E-state index >= 15 is 0 Å². The molecule has 8 nitrogen and oxygen atoms in total. The Balaban J connectivity index is 1.57. The highest BCUT2D eigenvalue weighted by molar-refractivity contribution is 7.90. The van der Waals surface area contributed by atoms with Gasteiger partial charge >= 0.3 is 0 Å². The second-order valence-electron chi connectivity index (χ2n) is 10.1. The molecule has 4 rings (SSSR count). The lowest BCUT2D eigenvalue weighted by atomic mass is 10.1. The zero-order valence-corrected chi connectivity index (χ0v) is 22.0. The predicted octanol–water partition coefficient (Wildman–Crippen LogP) is 3.90. The fourth-order valence-corrected chi connectivity index (χ4v) is 7.01. The zero-order valence-electron chi connectivity index (χ0n) is 20.2. The molecule has 2 aliphatic heterocycles. The van der Waals surface area contributed by atoms with Gasteiger partial charge in [0.1, 0.15) is 5.82 Å². The van der Waals surface area contributed by atoms with Gasteiger partial charge in [-0.3, -0.25) is 10.1 Å². The SMILES string of the molecule is C[Si]1(C)CCN(c2cc(S(C)(=O)=O)ccc2C(=O)Nc2nccc(N3CCC(F)(F)CC3)n2)CC1.